The van der Waals surface area contributed by atoms with Gasteiger partial charge < -0.3 is 46.1 Å². The molecule has 1 heterocycles. The van der Waals surface area contributed by atoms with E-state index in [1.54, 1.807) is 0 Å². The molecule has 1 unspecified atom stereocenters. The van der Waals surface area contributed by atoms with Crippen LogP contribution < -0.4 is 5.32 Å². The van der Waals surface area contributed by atoms with E-state index in [0.29, 0.717) is 0 Å². The summed E-state index contributed by atoms with van der Waals surface area (Å²) in [5.41, 5.74) is -1.15. The summed E-state index contributed by atoms with van der Waals surface area (Å²) < 4.78 is 4.75. The molecule has 11 heteroatoms. The summed E-state index contributed by atoms with van der Waals surface area (Å²) in [6, 6.07) is -1.51. The average Bonchev–Trinajstić information content (AvgIpc) is 2.45. The van der Waals surface area contributed by atoms with Crippen LogP contribution in [0.15, 0.2) is 0 Å². The average molecular weight is 322 g/mol. The summed E-state index contributed by atoms with van der Waals surface area (Å²) in [5.74, 6) is -5.96. The lowest BCUT2D eigenvalue weighted by atomic mass is 9.87. The fourth-order valence-electron chi connectivity index (χ4n) is 2.06. The van der Waals surface area contributed by atoms with Crippen molar-refractivity contribution < 1.29 is 45.0 Å². The second kappa shape index (κ2) is 6.64. The molecule has 0 spiro atoms. The van der Waals surface area contributed by atoms with Crippen molar-refractivity contribution in [1.29, 1.82) is 5.41 Å². The van der Waals surface area contributed by atoms with Crippen LogP contribution in [0.1, 0.15) is 6.92 Å². The van der Waals surface area contributed by atoms with E-state index in [4.69, 9.17) is 20.4 Å². The van der Waals surface area contributed by atoms with E-state index in [1.807, 2.05) is 0 Å². The Labute approximate surface area is 124 Å². The first-order chi connectivity index (χ1) is 10.1. The van der Waals surface area contributed by atoms with Gasteiger partial charge in [-0.3, -0.25) is 4.79 Å². The van der Waals surface area contributed by atoms with Crippen LogP contribution in [-0.2, 0) is 14.3 Å². The molecule has 0 bridgehead atoms. The van der Waals surface area contributed by atoms with Gasteiger partial charge in [0.25, 0.3) is 0 Å². The SMILES string of the molecule is CC(=O)N[C@@H]1[C@@H](O)C(=N)[C@](O)(C(=O)O)O[C@H]1C(O)[C@H](O)CO. The van der Waals surface area contributed by atoms with Crippen molar-refractivity contribution >= 4 is 17.6 Å². The zero-order valence-electron chi connectivity index (χ0n) is 11.5. The number of aliphatic carboxylic acids is 1. The molecule has 0 aromatic carbocycles. The number of carbonyl (C=O) groups is 2. The van der Waals surface area contributed by atoms with Crippen molar-refractivity contribution in [2.75, 3.05) is 6.61 Å². The van der Waals surface area contributed by atoms with Gasteiger partial charge in [-0.05, 0) is 0 Å². The van der Waals surface area contributed by atoms with Gasteiger partial charge in [0.15, 0.2) is 0 Å². The topological polar surface area (TPSA) is 201 Å². The Kier molecular flexibility index (Phi) is 5.56. The number of hydrogen-bond donors (Lipinski definition) is 8. The number of ether oxygens (including phenoxy) is 1. The minimum Gasteiger partial charge on any atom is -0.477 e. The van der Waals surface area contributed by atoms with Gasteiger partial charge in [-0.25, -0.2) is 4.79 Å². The molecule has 0 aromatic rings. The van der Waals surface area contributed by atoms with Crippen LogP contribution in [0.25, 0.3) is 0 Å². The highest BCUT2D eigenvalue weighted by Crippen LogP contribution is 2.28. The number of carboxylic acids is 1. The number of carbonyl (C=O) groups excluding carboxylic acids is 1. The summed E-state index contributed by atoms with van der Waals surface area (Å²) in [5, 5.41) is 66.5. The molecule has 0 aromatic heterocycles. The van der Waals surface area contributed by atoms with Gasteiger partial charge in [0, 0.05) is 6.92 Å². The normalized spacial score (nSPS) is 34.8. The second-order valence-corrected chi connectivity index (χ2v) is 4.86. The summed E-state index contributed by atoms with van der Waals surface area (Å²) >= 11 is 0. The summed E-state index contributed by atoms with van der Waals surface area (Å²) in [4.78, 5) is 22.2. The molecule has 126 valence electrons. The molecule has 1 saturated heterocycles. The first-order valence-corrected chi connectivity index (χ1v) is 6.21. The molecule has 0 saturated carbocycles. The molecule has 22 heavy (non-hydrogen) atoms. The lowest BCUT2D eigenvalue weighted by molar-refractivity contribution is -0.249. The van der Waals surface area contributed by atoms with Crippen molar-refractivity contribution in [3.63, 3.8) is 0 Å². The van der Waals surface area contributed by atoms with E-state index in [-0.39, 0.29) is 0 Å². The summed E-state index contributed by atoms with van der Waals surface area (Å²) in [6.07, 6.45) is -7.53. The minimum absolute atomic E-state index is 0.697. The largest absolute Gasteiger partial charge is 0.477 e. The predicted octanol–water partition coefficient (Wildman–Crippen LogP) is -4.24. The van der Waals surface area contributed by atoms with Crippen LogP contribution in [-0.4, -0.2) is 91.1 Å². The van der Waals surface area contributed by atoms with Gasteiger partial charge in [-0.1, -0.05) is 0 Å². The van der Waals surface area contributed by atoms with E-state index in [0.717, 1.165) is 6.92 Å². The maximum Gasteiger partial charge on any atom is 0.370 e. The molecule has 8 N–H and O–H groups in total. The molecule has 1 aliphatic heterocycles. The van der Waals surface area contributed by atoms with Gasteiger partial charge >= 0.3 is 11.8 Å². The molecule has 1 rings (SSSR count). The van der Waals surface area contributed by atoms with Crippen molar-refractivity contribution in [3.8, 4) is 0 Å². The number of carboxylic acid groups (broad SMARTS) is 1. The minimum atomic E-state index is -3.24. The highest BCUT2D eigenvalue weighted by molar-refractivity contribution is 6.09. The van der Waals surface area contributed by atoms with Crippen molar-refractivity contribution in [2.45, 2.75) is 43.2 Å². The maximum absolute atomic E-state index is 11.1. The first kappa shape index (κ1) is 18.4. The molecular formula is C11H18N2O9. The van der Waals surface area contributed by atoms with E-state index < -0.39 is 60.4 Å². The molecule has 1 amide bonds. The second-order valence-electron chi connectivity index (χ2n) is 4.86. The van der Waals surface area contributed by atoms with Gasteiger partial charge in [-0.2, -0.15) is 0 Å². The molecule has 6 atom stereocenters. The number of hydrogen-bond acceptors (Lipinski definition) is 9. The number of rotatable bonds is 5. The lowest BCUT2D eigenvalue weighted by Crippen LogP contribution is -2.71. The number of aliphatic hydroxyl groups excluding tert-OH is 4. The van der Waals surface area contributed by atoms with Gasteiger partial charge in [0.1, 0.15) is 30.1 Å². The third kappa shape index (κ3) is 3.24. The van der Waals surface area contributed by atoms with Crippen molar-refractivity contribution in [2.24, 2.45) is 0 Å². The molecule has 11 nitrogen and oxygen atoms in total. The molecular weight excluding hydrogens is 304 g/mol. The van der Waals surface area contributed by atoms with Gasteiger partial charge in [0.2, 0.25) is 5.91 Å². The van der Waals surface area contributed by atoms with Crippen LogP contribution in [0, 0.1) is 5.41 Å². The van der Waals surface area contributed by atoms with Gasteiger partial charge in [0.05, 0.1) is 12.6 Å². The van der Waals surface area contributed by atoms with Crippen molar-refractivity contribution in [1.82, 2.24) is 5.32 Å². The van der Waals surface area contributed by atoms with Gasteiger partial charge in [-0.15, -0.1) is 0 Å². The molecule has 0 aliphatic carbocycles. The van der Waals surface area contributed by atoms with Crippen LogP contribution in [0.2, 0.25) is 0 Å². The first-order valence-electron chi connectivity index (χ1n) is 6.21. The quantitative estimate of drug-likeness (QED) is 0.247. The monoisotopic (exact) mass is 322 g/mol. The molecule has 1 aliphatic rings. The van der Waals surface area contributed by atoms with E-state index in [2.05, 4.69) is 5.32 Å². The summed E-state index contributed by atoms with van der Waals surface area (Å²) in [7, 11) is 0. The fourth-order valence-corrected chi connectivity index (χ4v) is 2.06. The van der Waals surface area contributed by atoms with Crippen LogP contribution >= 0.6 is 0 Å². The maximum atomic E-state index is 11.1. The van der Waals surface area contributed by atoms with Crippen LogP contribution in [0.4, 0.5) is 0 Å². The third-order valence-corrected chi connectivity index (χ3v) is 3.24. The van der Waals surface area contributed by atoms with E-state index in [9.17, 15) is 30.0 Å². The Morgan fingerprint density at radius 1 is 1.45 bits per heavy atom. The number of nitrogens with one attached hydrogen (secondary N) is 2. The Morgan fingerprint density at radius 3 is 2.41 bits per heavy atom. The molecule has 1 fully saturated rings. The number of aliphatic hydroxyl groups is 5. The number of amides is 1. The van der Waals surface area contributed by atoms with E-state index in [1.165, 1.54) is 0 Å². The summed E-state index contributed by atoms with van der Waals surface area (Å²) in [6.45, 7) is 0.132. The highest BCUT2D eigenvalue weighted by atomic mass is 16.7. The zero-order valence-corrected chi connectivity index (χ0v) is 11.5. The third-order valence-electron chi connectivity index (χ3n) is 3.24. The smallest absolute Gasteiger partial charge is 0.370 e. The predicted molar refractivity (Wildman–Crippen MR) is 67.9 cm³/mol. The Bertz CT molecular complexity index is 470. The fraction of sp³-hybridized carbons (Fsp3) is 0.727. The Balaban J connectivity index is 3.22. The van der Waals surface area contributed by atoms with Crippen molar-refractivity contribution in [3.05, 3.63) is 0 Å². The Morgan fingerprint density at radius 2 is 2.00 bits per heavy atom. The lowest BCUT2D eigenvalue weighted by Gasteiger charge is -2.44. The highest BCUT2D eigenvalue weighted by Gasteiger charge is 2.57. The standard InChI is InChI=1S/C11H18N2O9/c1-3(15)13-5-7(18)9(12)11(21,10(19)20)22-8(5)6(17)4(16)2-14/h4-8,12,14,16-18,21H,2H2,1H3,(H,13,15)(H,19,20)/t4-,5-,6?,7-,8-,11-/m1/s1. The molecule has 0 radical (unpaired) electrons. The van der Waals surface area contributed by atoms with E-state index >= 15 is 0 Å². The van der Waals surface area contributed by atoms with Crippen LogP contribution in [0.5, 0.6) is 0 Å². The van der Waals surface area contributed by atoms with Crippen LogP contribution in [0.3, 0.4) is 0 Å². The zero-order chi connectivity index (χ0) is 17.2. The Hall–Kier alpha value is -1.63.